The third kappa shape index (κ3) is 3.16. The first kappa shape index (κ1) is 13.9. The number of amides is 1. The Morgan fingerprint density at radius 2 is 2.12 bits per heavy atom. The summed E-state index contributed by atoms with van der Waals surface area (Å²) in [5.74, 6) is 2.68. The smallest absolute Gasteiger partial charge is 0.228 e. The maximum absolute atomic E-state index is 12.2. The van der Waals surface area contributed by atoms with Crippen molar-refractivity contribution < 1.29 is 4.79 Å². The molecule has 1 rings (SSSR count). The van der Waals surface area contributed by atoms with Crippen molar-refractivity contribution >= 4 is 17.7 Å². The van der Waals surface area contributed by atoms with Crippen molar-refractivity contribution in [2.24, 2.45) is 5.41 Å². The van der Waals surface area contributed by atoms with Crippen LogP contribution < -0.4 is 0 Å². The molecule has 16 heavy (non-hydrogen) atoms. The quantitative estimate of drug-likeness (QED) is 0.668. The standard InChI is InChI=1S/C13H25NOS/c1-5-16-10-7-11(2)14(4)12(15)13(3)8-6-9-13/h11H,5-10H2,1-4H3/t11-/m0/s1. The van der Waals surface area contributed by atoms with Gasteiger partial charge in [-0.25, -0.2) is 0 Å². The lowest BCUT2D eigenvalue weighted by Gasteiger charge is -2.41. The van der Waals surface area contributed by atoms with Crippen LogP contribution in [0, 0.1) is 5.41 Å². The van der Waals surface area contributed by atoms with Crippen LogP contribution in [-0.2, 0) is 4.79 Å². The molecule has 1 aliphatic carbocycles. The van der Waals surface area contributed by atoms with Crippen LogP contribution in [0.3, 0.4) is 0 Å². The van der Waals surface area contributed by atoms with Gasteiger partial charge in [-0.2, -0.15) is 11.8 Å². The van der Waals surface area contributed by atoms with Crippen molar-refractivity contribution in [3.63, 3.8) is 0 Å². The van der Waals surface area contributed by atoms with Crippen molar-refractivity contribution in [3.05, 3.63) is 0 Å². The van der Waals surface area contributed by atoms with Gasteiger partial charge < -0.3 is 4.90 Å². The molecule has 2 nitrogen and oxygen atoms in total. The Morgan fingerprint density at radius 3 is 2.56 bits per heavy atom. The summed E-state index contributed by atoms with van der Waals surface area (Å²) in [5, 5.41) is 0. The monoisotopic (exact) mass is 243 g/mol. The zero-order valence-corrected chi connectivity index (χ0v) is 11.9. The number of thioether (sulfide) groups is 1. The molecule has 0 aliphatic heterocycles. The highest BCUT2D eigenvalue weighted by Gasteiger charge is 2.41. The normalized spacial score (nSPS) is 20.0. The van der Waals surface area contributed by atoms with Crippen LogP contribution >= 0.6 is 11.8 Å². The van der Waals surface area contributed by atoms with Crippen LogP contribution in [0.2, 0.25) is 0 Å². The van der Waals surface area contributed by atoms with Crippen LogP contribution in [0.4, 0.5) is 0 Å². The fraction of sp³-hybridized carbons (Fsp3) is 0.923. The Hall–Kier alpha value is -0.180. The van der Waals surface area contributed by atoms with Crippen molar-refractivity contribution in [3.8, 4) is 0 Å². The first-order valence-electron chi connectivity index (χ1n) is 6.36. The van der Waals surface area contributed by atoms with Crippen LogP contribution in [0.1, 0.15) is 46.5 Å². The van der Waals surface area contributed by atoms with E-state index in [1.54, 1.807) is 0 Å². The Balaban J connectivity index is 2.37. The Bertz CT molecular complexity index is 238. The lowest BCUT2D eigenvalue weighted by Crippen LogP contribution is -2.47. The van der Waals surface area contributed by atoms with E-state index in [0.29, 0.717) is 11.9 Å². The molecule has 1 atom stereocenters. The van der Waals surface area contributed by atoms with Crippen molar-refractivity contribution in [1.82, 2.24) is 4.90 Å². The average molecular weight is 243 g/mol. The van der Waals surface area contributed by atoms with Gasteiger partial charge in [0, 0.05) is 18.5 Å². The Kier molecular flexibility index (Phi) is 5.16. The number of nitrogens with zero attached hydrogens (tertiary/aromatic N) is 1. The van der Waals surface area contributed by atoms with Crippen molar-refractivity contribution in [1.29, 1.82) is 0 Å². The number of carbonyl (C=O) groups excluding carboxylic acids is 1. The maximum atomic E-state index is 12.2. The molecule has 94 valence electrons. The lowest BCUT2D eigenvalue weighted by atomic mass is 9.69. The van der Waals surface area contributed by atoms with Gasteiger partial charge in [-0.1, -0.05) is 20.3 Å². The predicted octanol–water partition coefficient (Wildman–Crippen LogP) is 3.17. The molecule has 0 aromatic carbocycles. The van der Waals surface area contributed by atoms with Crippen molar-refractivity contribution in [2.75, 3.05) is 18.6 Å². The largest absolute Gasteiger partial charge is 0.343 e. The molecule has 0 saturated heterocycles. The first-order valence-corrected chi connectivity index (χ1v) is 7.52. The summed E-state index contributed by atoms with van der Waals surface area (Å²) in [6, 6.07) is 0.379. The molecule has 1 aliphatic rings. The molecule has 0 radical (unpaired) electrons. The molecule has 0 aromatic rings. The van der Waals surface area contributed by atoms with E-state index in [1.807, 2.05) is 23.7 Å². The summed E-state index contributed by atoms with van der Waals surface area (Å²) in [6.07, 6.45) is 4.48. The first-order chi connectivity index (χ1) is 7.51. The zero-order chi connectivity index (χ0) is 12.2. The minimum absolute atomic E-state index is 0.0408. The molecule has 0 aromatic heterocycles. The maximum Gasteiger partial charge on any atom is 0.228 e. The highest BCUT2D eigenvalue weighted by Crippen LogP contribution is 2.42. The number of rotatable bonds is 6. The molecule has 3 heteroatoms. The van der Waals surface area contributed by atoms with E-state index in [4.69, 9.17) is 0 Å². The van der Waals surface area contributed by atoms with Gasteiger partial charge in [0.25, 0.3) is 0 Å². The van der Waals surface area contributed by atoms with Crippen LogP contribution in [0.15, 0.2) is 0 Å². The minimum atomic E-state index is -0.0408. The van der Waals surface area contributed by atoms with Gasteiger partial charge in [-0.05, 0) is 37.7 Å². The number of carbonyl (C=O) groups is 1. The van der Waals surface area contributed by atoms with E-state index >= 15 is 0 Å². The second kappa shape index (κ2) is 5.95. The fourth-order valence-corrected chi connectivity index (χ4v) is 2.94. The fourth-order valence-electron chi connectivity index (χ4n) is 2.14. The SMILES string of the molecule is CCSCC[C@H](C)N(C)C(=O)C1(C)CCC1. The third-order valence-electron chi connectivity index (χ3n) is 3.84. The van der Waals surface area contributed by atoms with Crippen LogP contribution in [0.25, 0.3) is 0 Å². The molecular weight excluding hydrogens is 218 g/mol. The second-order valence-corrected chi connectivity index (χ2v) is 6.56. The van der Waals surface area contributed by atoms with Gasteiger partial charge in [0.05, 0.1) is 0 Å². The summed E-state index contributed by atoms with van der Waals surface area (Å²) < 4.78 is 0. The summed E-state index contributed by atoms with van der Waals surface area (Å²) in [6.45, 7) is 6.46. The molecule has 0 bridgehead atoms. The van der Waals surface area contributed by atoms with E-state index in [1.165, 1.54) is 12.2 Å². The number of hydrogen-bond acceptors (Lipinski definition) is 2. The Morgan fingerprint density at radius 1 is 1.50 bits per heavy atom. The predicted molar refractivity (Wildman–Crippen MR) is 71.8 cm³/mol. The molecule has 0 heterocycles. The van der Waals surface area contributed by atoms with E-state index in [0.717, 1.165) is 25.0 Å². The van der Waals surface area contributed by atoms with E-state index in [-0.39, 0.29) is 5.41 Å². The topological polar surface area (TPSA) is 20.3 Å². The summed E-state index contributed by atoms with van der Waals surface area (Å²) in [4.78, 5) is 14.2. The minimum Gasteiger partial charge on any atom is -0.343 e. The molecule has 0 spiro atoms. The lowest BCUT2D eigenvalue weighted by molar-refractivity contribution is -0.146. The summed E-state index contributed by atoms with van der Waals surface area (Å²) in [7, 11) is 1.97. The van der Waals surface area contributed by atoms with Crippen molar-refractivity contribution in [2.45, 2.75) is 52.5 Å². The van der Waals surface area contributed by atoms with E-state index in [9.17, 15) is 4.79 Å². The Labute approximate surface area is 104 Å². The van der Waals surface area contributed by atoms with Gasteiger partial charge in [-0.15, -0.1) is 0 Å². The number of hydrogen-bond donors (Lipinski definition) is 0. The van der Waals surface area contributed by atoms with Crippen LogP contribution in [-0.4, -0.2) is 35.4 Å². The molecule has 0 unspecified atom stereocenters. The highest BCUT2D eigenvalue weighted by atomic mass is 32.2. The second-order valence-electron chi connectivity index (χ2n) is 5.16. The average Bonchev–Trinajstić information content (AvgIpc) is 2.24. The van der Waals surface area contributed by atoms with Gasteiger partial charge in [0.15, 0.2) is 0 Å². The van der Waals surface area contributed by atoms with E-state index in [2.05, 4.69) is 20.8 Å². The third-order valence-corrected chi connectivity index (χ3v) is 4.77. The zero-order valence-electron chi connectivity index (χ0n) is 11.1. The molecule has 0 N–H and O–H groups in total. The van der Waals surface area contributed by atoms with Crippen LogP contribution in [0.5, 0.6) is 0 Å². The van der Waals surface area contributed by atoms with Gasteiger partial charge in [-0.3, -0.25) is 4.79 Å². The molecule has 1 saturated carbocycles. The highest BCUT2D eigenvalue weighted by molar-refractivity contribution is 7.99. The molecule has 1 fully saturated rings. The molecular formula is C13H25NOS. The van der Waals surface area contributed by atoms with E-state index < -0.39 is 0 Å². The van der Waals surface area contributed by atoms with Gasteiger partial charge in [0.2, 0.25) is 5.91 Å². The van der Waals surface area contributed by atoms with Gasteiger partial charge in [0.1, 0.15) is 0 Å². The molecule has 1 amide bonds. The summed E-state index contributed by atoms with van der Waals surface area (Å²) >= 11 is 1.95. The van der Waals surface area contributed by atoms with Gasteiger partial charge >= 0.3 is 0 Å². The summed E-state index contributed by atoms with van der Waals surface area (Å²) in [5.41, 5.74) is -0.0408.